The summed E-state index contributed by atoms with van der Waals surface area (Å²) in [7, 11) is 2.34. The van der Waals surface area contributed by atoms with Crippen LogP contribution in [0.2, 0.25) is 0 Å². The van der Waals surface area contributed by atoms with Gasteiger partial charge in [-0.15, -0.1) is 0 Å². The Morgan fingerprint density at radius 3 is 2.37 bits per heavy atom. The molecule has 0 aliphatic carbocycles. The molecule has 0 saturated carbocycles. The second-order valence-corrected chi connectivity index (χ2v) is 6.06. The second kappa shape index (κ2) is 9.56. The molecular weight excluding hydrogens is 354 g/mol. The van der Waals surface area contributed by atoms with Crippen molar-refractivity contribution in [3.63, 3.8) is 0 Å². The highest BCUT2D eigenvalue weighted by Gasteiger charge is 2.22. The van der Waals surface area contributed by atoms with Gasteiger partial charge in [-0.05, 0) is 25.0 Å². The minimum Gasteiger partial charge on any atom is -0.466 e. The predicted octanol–water partition coefficient (Wildman–Crippen LogP) is 2.62. The molecule has 0 spiro atoms. The first-order chi connectivity index (χ1) is 13.0. The van der Waals surface area contributed by atoms with Crippen molar-refractivity contribution in [2.75, 3.05) is 37.5 Å². The Balaban J connectivity index is 2.33. The Morgan fingerprint density at radius 1 is 1.15 bits per heavy atom. The van der Waals surface area contributed by atoms with Crippen LogP contribution in [0.4, 0.5) is 17.1 Å². The molecule has 9 heteroatoms. The maximum atomic E-state index is 11.8. The van der Waals surface area contributed by atoms with Crippen molar-refractivity contribution in [1.82, 2.24) is 0 Å². The fourth-order valence-electron chi connectivity index (χ4n) is 2.91. The fourth-order valence-corrected chi connectivity index (χ4v) is 2.91. The van der Waals surface area contributed by atoms with Crippen molar-refractivity contribution in [2.24, 2.45) is 0 Å². The fraction of sp³-hybridized carbons (Fsp3) is 0.444. The number of nitrogens with one attached hydrogen (secondary N) is 1. The van der Waals surface area contributed by atoms with Gasteiger partial charge in [0.1, 0.15) is 11.4 Å². The molecule has 0 radical (unpaired) electrons. The molecule has 1 fully saturated rings. The van der Waals surface area contributed by atoms with Gasteiger partial charge < -0.3 is 19.7 Å². The van der Waals surface area contributed by atoms with E-state index in [9.17, 15) is 19.7 Å². The molecule has 1 aromatic rings. The van der Waals surface area contributed by atoms with Crippen molar-refractivity contribution >= 4 is 29.0 Å². The van der Waals surface area contributed by atoms with Crippen LogP contribution in [0.25, 0.3) is 0 Å². The minimum absolute atomic E-state index is 0.0656. The molecular formula is C18H23N3O6. The van der Waals surface area contributed by atoms with Gasteiger partial charge >= 0.3 is 11.9 Å². The quantitative estimate of drug-likeness (QED) is 0.349. The molecule has 0 unspecified atom stereocenters. The van der Waals surface area contributed by atoms with Gasteiger partial charge in [0.25, 0.3) is 5.69 Å². The standard InChI is InChI=1S/C18H23N3O6/c1-26-17(22)12-14(18(23)27-2)19-13-7-8-15(16(11-13)21(24)25)20-9-5-3-4-6-10-20/h7-8,11-12,19H,3-6,9-10H2,1-2H3/b14-12+. The molecule has 1 saturated heterocycles. The van der Waals surface area contributed by atoms with Crippen LogP contribution in [0.5, 0.6) is 0 Å². The van der Waals surface area contributed by atoms with E-state index < -0.39 is 16.9 Å². The molecule has 0 amide bonds. The van der Waals surface area contributed by atoms with E-state index >= 15 is 0 Å². The number of hydrogen-bond acceptors (Lipinski definition) is 8. The monoisotopic (exact) mass is 377 g/mol. The normalized spacial score (nSPS) is 14.9. The number of hydrogen-bond donors (Lipinski definition) is 1. The van der Waals surface area contributed by atoms with Gasteiger partial charge in [-0.3, -0.25) is 10.1 Å². The van der Waals surface area contributed by atoms with Gasteiger partial charge in [-0.1, -0.05) is 12.8 Å². The molecule has 1 aromatic carbocycles. The van der Waals surface area contributed by atoms with Crippen molar-refractivity contribution in [1.29, 1.82) is 0 Å². The Hall–Kier alpha value is -3.10. The Kier molecular flexibility index (Phi) is 7.16. The first kappa shape index (κ1) is 20.2. The van der Waals surface area contributed by atoms with E-state index in [1.54, 1.807) is 12.1 Å². The number of benzene rings is 1. The van der Waals surface area contributed by atoms with E-state index in [4.69, 9.17) is 0 Å². The molecule has 9 nitrogen and oxygen atoms in total. The SMILES string of the molecule is COC(=O)/C=C(/Nc1ccc(N2CCCCCC2)c([N+](=O)[O-])c1)C(=O)OC. The second-order valence-electron chi connectivity index (χ2n) is 6.06. The highest BCUT2D eigenvalue weighted by Crippen LogP contribution is 2.33. The van der Waals surface area contributed by atoms with Crippen molar-refractivity contribution in [2.45, 2.75) is 25.7 Å². The van der Waals surface area contributed by atoms with Crippen LogP contribution in [-0.2, 0) is 19.1 Å². The predicted molar refractivity (Wildman–Crippen MR) is 99.5 cm³/mol. The van der Waals surface area contributed by atoms with Gasteiger partial charge in [0, 0.05) is 24.8 Å². The highest BCUT2D eigenvalue weighted by molar-refractivity contribution is 5.98. The summed E-state index contributed by atoms with van der Waals surface area (Å²) in [5, 5.41) is 14.3. The molecule has 0 bridgehead atoms. The number of rotatable bonds is 6. The molecule has 1 heterocycles. The number of ether oxygens (including phenoxy) is 2. The zero-order valence-corrected chi connectivity index (χ0v) is 15.4. The van der Waals surface area contributed by atoms with Crippen LogP contribution in [0.1, 0.15) is 25.7 Å². The largest absolute Gasteiger partial charge is 0.466 e. The van der Waals surface area contributed by atoms with Crippen molar-refractivity contribution in [3.05, 3.63) is 40.1 Å². The van der Waals surface area contributed by atoms with Gasteiger partial charge in [-0.25, -0.2) is 9.59 Å². The topological polar surface area (TPSA) is 111 Å². The van der Waals surface area contributed by atoms with Crippen LogP contribution in [0.15, 0.2) is 30.0 Å². The lowest BCUT2D eigenvalue weighted by molar-refractivity contribution is -0.384. The zero-order valence-electron chi connectivity index (χ0n) is 15.4. The molecule has 27 heavy (non-hydrogen) atoms. The number of anilines is 2. The number of methoxy groups -OCH3 is 2. The van der Waals surface area contributed by atoms with Gasteiger partial charge in [0.15, 0.2) is 0 Å². The molecule has 1 aliphatic rings. The Bertz CT molecular complexity index is 739. The van der Waals surface area contributed by atoms with E-state index in [0.717, 1.165) is 44.8 Å². The van der Waals surface area contributed by atoms with E-state index in [0.29, 0.717) is 11.4 Å². The minimum atomic E-state index is -0.792. The number of carbonyl (C=O) groups is 2. The summed E-state index contributed by atoms with van der Waals surface area (Å²) >= 11 is 0. The average molecular weight is 377 g/mol. The lowest BCUT2D eigenvalue weighted by Gasteiger charge is -2.22. The molecule has 1 aliphatic heterocycles. The molecule has 0 aromatic heterocycles. The summed E-state index contributed by atoms with van der Waals surface area (Å²) in [6.07, 6.45) is 5.15. The van der Waals surface area contributed by atoms with E-state index in [1.165, 1.54) is 20.3 Å². The smallest absolute Gasteiger partial charge is 0.354 e. The highest BCUT2D eigenvalue weighted by atomic mass is 16.6. The lowest BCUT2D eigenvalue weighted by Crippen LogP contribution is -2.24. The molecule has 1 N–H and O–H groups in total. The maximum absolute atomic E-state index is 11.8. The third-order valence-electron chi connectivity index (χ3n) is 4.27. The van der Waals surface area contributed by atoms with Gasteiger partial charge in [-0.2, -0.15) is 0 Å². The number of nitro benzene ring substituents is 1. The Morgan fingerprint density at radius 2 is 1.81 bits per heavy atom. The molecule has 0 atom stereocenters. The first-order valence-corrected chi connectivity index (χ1v) is 8.64. The van der Waals surface area contributed by atoms with E-state index in [1.807, 2.05) is 4.90 Å². The van der Waals surface area contributed by atoms with Gasteiger partial charge in [0.2, 0.25) is 0 Å². The molecule has 146 valence electrons. The van der Waals surface area contributed by atoms with Crippen molar-refractivity contribution in [3.8, 4) is 0 Å². The zero-order chi connectivity index (χ0) is 19.8. The number of esters is 2. The first-order valence-electron chi connectivity index (χ1n) is 8.64. The number of carbonyl (C=O) groups excluding carboxylic acids is 2. The van der Waals surface area contributed by atoms with Crippen LogP contribution in [0, 0.1) is 10.1 Å². The van der Waals surface area contributed by atoms with Crippen LogP contribution in [0.3, 0.4) is 0 Å². The summed E-state index contributed by atoms with van der Waals surface area (Å²) < 4.78 is 9.13. The summed E-state index contributed by atoms with van der Waals surface area (Å²) in [5.74, 6) is -1.54. The number of nitrogens with zero attached hydrogens (tertiary/aromatic N) is 2. The van der Waals surface area contributed by atoms with Crippen LogP contribution >= 0.6 is 0 Å². The third-order valence-corrected chi connectivity index (χ3v) is 4.27. The lowest BCUT2D eigenvalue weighted by atomic mass is 10.2. The maximum Gasteiger partial charge on any atom is 0.354 e. The Labute approximate surface area is 157 Å². The van der Waals surface area contributed by atoms with Crippen molar-refractivity contribution < 1.29 is 24.0 Å². The van der Waals surface area contributed by atoms with Crippen LogP contribution < -0.4 is 10.2 Å². The van der Waals surface area contributed by atoms with E-state index in [2.05, 4.69) is 14.8 Å². The summed E-state index contributed by atoms with van der Waals surface area (Å²) in [6, 6.07) is 4.62. The molecule has 2 rings (SSSR count). The van der Waals surface area contributed by atoms with Crippen LogP contribution in [-0.4, -0.2) is 44.2 Å². The van der Waals surface area contributed by atoms with Gasteiger partial charge in [0.05, 0.1) is 25.2 Å². The van der Waals surface area contributed by atoms with E-state index in [-0.39, 0.29) is 11.4 Å². The summed E-state index contributed by atoms with van der Waals surface area (Å²) in [5.41, 5.74) is 0.593. The summed E-state index contributed by atoms with van der Waals surface area (Å²) in [6.45, 7) is 1.53. The average Bonchev–Trinajstić information content (AvgIpc) is 2.95. The number of nitro groups is 1. The third kappa shape index (κ3) is 5.44. The summed E-state index contributed by atoms with van der Waals surface area (Å²) in [4.78, 5) is 36.4.